The summed E-state index contributed by atoms with van der Waals surface area (Å²) in [4.78, 5) is 11.1. The number of rotatable bonds is 4. The lowest BCUT2D eigenvalue weighted by Gasteiger charge is -2.43. The van der Waals surface area contributed by atoms with E-state index in [2.05, 4.69) is 12.2 Å². The molecule has 0 aromatic carbocycles. The van der Waals surface area contributed by atoms with Gasteiger partial charge in [0, 0.05) is 6.92 Å². The average molecular weight is 262 g/mol. The number of carbonyl (C=O) groups excluding carboxylic acids is 1. The van der Waals surface area contributed by atoms with Crippen molar-refractivity contribution < 1.29 is 29.6 Å². The first-order valence-electron chi connectivity index (χ1n) is 5.75. The SMILES string of the molecule is [CH2]C(C)O[C@H]1[C@H](O)[C@@H](CO)O[C@H](O)[C@@H]1NC(C)=O. The van der Waals surface area contributed by atoms with Gasteiger partial charge in [0.1, 0.15) is 24.4 Å². The van der Waals surface area contributed by atoms with Crippen LogP contribution in [0.4, 0.5) is 0 Å². The van der Waals surface area contributed by atoms with E-state index in [0.717, 1.165) is 0 Å². The van der Waals surface area contributed by atoms with Gasteiger partial charge in [0.15, 0.2) is 6.29 Å². The summed E-state index contributed by atoms with van der Waals surface area (Å²) in [5.74, 6) is -0.386. The topological polar surface area (TPSA) is 108 Å². The first kappa shape index (κ1) is 15.3. The summed E-state index contributed by atoms with van der Waals surface area (Å²) >= 11 is 0. The van der Waals surface area contributed by atoms with E-state index < -0.39 is 43.4 Å². The summed E-state index contributed by atoms with van der Waals surface area (Å²) in [6, 6.07) is -0.913. The van der Waals surface area contributed by atoms with E-state index in [9.17, 15) is 15.0 Å². The fourth-order valence-corrected chi connectivity index (χ4v) is 1.90. The number of aliphatic hydroxyl groups is 3. The lowest BCUT2D eigenvalue weighted by atomic mass is 9.96. The molecule has 0 aromatic rings. The van der Waals surface area contributed by atoms with Crippen molar-refractivity contribution in [3.63, 3.8) is 0 Å². The minimum Gasteiger partial charge on any atom is -0.394 e. The second kappa shape index (κ2) is 6.44. The average Bonchev–Trinajstić information content (AvgIpc) is 2.27. The molecule has 0 saturated carbocycles. The van der Waals surface area contributed by atoms with Gasteiger partial charge in [0.25, 0.3) is 0 Å². The molecule has 0 bridgehead atoms. The van der Waals surface area contributed by atoms with Gasteiger partial charge in [0.05, 0.1) is 12.7 Å². The molecule has 1 radical (unpaired) electrons. The fraction of sp³-hybridized carbons (Fsp3) is 0.818. The van der Waals surface area contributed by atoms with Crippen LogP contribution in [0.2, 0.25) is 0 Å². The van der Waals surface area contributed by atoms with E-state index >= 15 is 0 Å². The normalized spacial score (nSPS) is 36.7. The third-order valence-corrected chi connectivity index (χ3v) is 2.63. The van der Waals surface area contributed by atoms with E-state index in [1.54, 1.807) is 6.92 Å². The maximum atomic E-state index is 11.1. The van der Waals surface area contributed by atoms with Crippen LogP contribution in [0.15, 0.2) is 0 Å². The molecule has 1 amide bonds. The van der Waals surface area contributed by atoms with Gasteiger partial charge in [-0.25, -0.2) is 0 Å². The molecule has 0 spiro atoms. The predicted molar refractivity (Wildman–Crippen MR) is 61.3 cm³/mol. The van der Waals surface area contributed by atoms with Crippen LogP contribution in [0.5, 0.6) is 0 Å². The van der Waals surface area contributed by atoms with E-state index in [1.807, 2.05) is 0 Å². The Kier molecular flexibility index (Phi) is 5.48. The zero-order chi connectivity index (χ0) is 13.9. The van der Waals surface area contributed by atoms with Gasteiger partial charge in [-0.15, -0.1) is 0 Å². The lowest BCUT2D eigenvalue weighted by Crippen LogP contribution is -2.65. The molecular weight excluding hydrogens is 242 g/mol. The Labute approximate surface area is 106 Å². The highest BCUT2D eigenvalue weighted by Gasteiger charge is 2.45. The molecule has 6 atom stereocenters. The second-order valence-corrected chi connectivity index (χ2v) is 4.38. The number of ether oxygens (including phenoxy) is 2. The Morgan fingerprint density at radius 2 is 2.17 bits per heavy atom. The van der Waals surface area contributed by atoms with Crippen LogP contribution in [-0.2, 0) is 14.3 Å². The van der Waals surface area contributed by atoms with Crippen molar-refractivity contribution in [2.75, 3.05) is 6.61 Å². The molecule has 0 aliphatic carbocycles. The monoisotopic (exact) mass is 262 g/mol. The third-order valence-electron chi connectivity index (χ3n) is 2.63. The minimum atomic E-state index is -1.36. The Hall–Kier alpha value is -0.730. The van der Waals surface area contributed by atoms with E-state index in [4.69, 9.17) is 14.6 Å². The van der Waals surface area contributed by atoms with E-state index in [1.165, 1.54) is 6.92 Å². The van der Waals surface area contributed by atoms with Crippen molar-refractivity contribution in [1.29, 1.82) is 0 Å². The molecule has 1 aliphatic rings. The number of carbonyl (C=O) groups is 1. The molecule has 1 heterocycles. The Morgan fingerprint density at radius 3 is 2.61 bits per heavy atom. The maximum Gasteiger partial charge on any atom is 0.217 e. The van der Waals surface area contributed by atoms with Crippen LogP contribution in [0.1, 0.15) is 13.8 Å². The van der Waals surface area contributed by atoms with Crippen molar-refractivity contribution in [2.45, 2.75) is 50.6 Å². The summed E-state index contributed by atoms with van der Waals surface area (Å²) in [5, 5.41) is 31.2. The van der Waals surface area contributed by atoms with Crippen molar-refractivity contribution in [3.05, 3.63) is 6.92 Å². The van der Waals surface area contributed by atoms with Gasteiger partial charge in [-0.3, -0.25) is 4.79 Å². The Balaban J connectivity index is 2.86. The number of hydrogen-bond donors (Lipinski definition) is 4. The Bertz CT molecular complexity index is 285. The number of hydrogen-bond acceptors (Lipinski definition) is 6. The van der Waals surface area contributed by atoms with Crippen molar-refractivity contribution in [3.8, 4) is 0 Å². The van der Waals surface area contributed by atoms with Crippen molar-refractivity contribution in [2.24, 2.45) is 0 Å². The first-order valence-corrected chi connectivity index (χ1v) is 5.75. The highest BCUT2D eigenvalue weighted by atomic mass is 16.6. The molecule has 7 heteroatoms. The molecule has 7 nitrogen and oxygen atoms in total. The molecule has 1 unspecified atom stereocenters. The van der Waals surface area contributed by atoms with Gasteiger partial charge < -0.3 is 30.1 Å². The summed E-state index contributed by atoms with van der Waals surface area (Å²) in [6.45, 7) is 6.10. The van der Waals surface area contributed by atoms with Gasteiger partial charge in [-0.1, -0.05) is 0 Å². The summed E-state index contributed by atoms with van der Waals surface area (Å²) in [5.41, 5.74) is 0. The molecular formula is C11H20NO6. The zero-order valence-electron chi connectivity index (χ0n) is 10.4. The van der Waals surface area contributed by atoms with E-state index in [-0.39, 0.29) is 5.91 Å². The number of aliphatic hydroxyl groups excluding tert-OH is 3. The molecule has 1 aliphatic heterocycles. The van der Waals surface area contributed by atoms with Gasteiger partial charge in [0.2, 0.25) is 5.91 Å². The largest absolute Gasteiger partial charge is 0.394 e. The minimum absolute atomic E-state index is 0.386. The van der Waals surface area contributed by atoms with Crippen molar-refractivity contribution >= 4 is 5.91 Å². The van der Waals surface area contributed by atoms with Gasteiger partial charge in [-0.2, -0.15) is 0 Å². The van der Waals surface area contributed by atoms with Crippen LogP contribution >= 0.6 is 0 Å². The predicted octanol–water partition coefficient (Wildman–Crippen LogP) is -1.83. The quantitative estimate of drug-likeness (QED) is 0.474. The maximum absolute atomic E-state index is 11.1. The zero-order valence-corrected chi connectivity index (χ0v) is 10.4. The standard InChI is InChI=1S/C11H20NO6/c1-5(2)17-10-8(12-6(3)14)11(16)18-7(4-13)9(10)15/h5,7-11,13,15-16H,1,4H2,2-3H3,(H,12,14)/t5?,7-,8-,9-,10-,11+/m1/s1. The lowest BCUT2D eigenvalue weighted by molar-refractivity contribution is -0.265. The second-order valence-electron chi connectivity index (χ2n) is 4.38. The van der Waals surface area contributed by atoms with Crippen LogP contribution in [0.3, 0.4) is 0 Å². The van der Waals surface area contributed by atoms with E-state index in [0.29, 0.717) is 0 Å². The van der Waals surface area contributed by atoms with Crippen LogP contribution in [0.25, 0.3) is 0 Å². The summed E-state index contributed by atoms with van der Waals surface area (Å²) < 4.78 is 10.4. The molecule has 1 rings (SSSR count). The molecule has 1 saturated heterocycles. The fourth-order valence-electron chi connectivity index (χ4n) is 1.90. The Morgan fingerprint density at radius 1 is 1.56 bits per heavy atom. The highest BCUT2D eigenvalue weighted by Crippen LogP contribution is 2.23. The number of amides is 1. The summed E-state index contributed by atoms with van der Waals surface area (Å²) in [7, 11) is 0. The molecule has 18 heavy (non-hydrogen) atoms. The number of nitrogens with one attached hydrogen (secondary N) is 1. The molecule has 1 fully saturated rings. The first-order chi connectivity index (χ1) is 8.36. The molecule has 0 aromatic heterocycles. The van der Waals surface area contributed by atoms with Gasteiger partial charge in [-0.05, 0) is 13.8 Å². The molecule has 4 N–H and O–H groups in total. The third kappa shape index (κ3) is 3.63. The van der Waals surface area contributed by atoms with Crippen molar-refractivity contribution in [1.82, 2.24) is 5.32 Å². The molecule has 105 valence electrons. The van der Waals surface area contributed by atoms with Crippen LogP contribution < -0.4 is 5.32 Å². The highest BCUT2D eigenvalue weighted by molar-refractivity contribution is 5.73. The van der Waals surface area contributed by atoms with Gasteiger partial charge >= 0.3 is 0 Å². The van der Waals surface area contributed by atoms with Crippen LogP contribution in [0, 0.1) is 6.92 Å². The smallest absolute Gasteiger partial charge is 0.217 e. The summed E-state index contributed by atoms with van der Waals surface area (Å²) in [6.07, 6.45) is -4.85. The van der Waals surface area contributed by atoms with Crippen LogP contribution in [-0.4, -0.2) is 64.6 Å².